The molecule has 0 aliphatic carbocycles. The molecule has 6 nitrogen and oxygen atoms in total. The van der Waals surface area contributed by atoms with Gasteiger partial charge in [-0.2, -0.15) is 20.5 Å². The van der Waals surface area contributed by atoms with Gasteiger partial charge < -0.3 is 5.73 Å². The van der Waals surface area contributed by atoms with E-state index in [1.807, 2.05) is 37.4 Å². The number of aryl methyl sites for hydroxylation is 1. The van der Waals surface area contributed by atoms with Crippen LogP contribution in [0.3, 0.4) is 0 Å². The Labute approximate surface area is 103 Å². The standard InChI is InChI=1S/C12H12N6/c1-18-12(13)10(8-5-3-2-4-6-8)11(16-18)9-7-14-17-15-9/h2-7H,13H2,1H3,(H,14,15,17). The molecule has 3 rings (SSSR count). The van der Waals surface area contributed by atoms with Crippen molar-refractivity contribution in [3.05, 3.63) is 36.5 Å². The number of nitrogens with one attached hydrogen (secondary N) is 1. The van der Waals surface area contributed by atoms with E-state index in [2.05, 4.69) is 20.5 Å². The van der Waals surface area contributed by atoms with Gasteiger partial charge in [-0.15, -0.1) is 0 Å². The molecule has 0 bridgehead atoms. The van der Waals surface area contributed by atoms with Gasteiger partial charge in [0, 0.05) is 7.05 Å². The van der Waals surface area contributed by atoms with E-state index >= 15 is 0 Å². The molecule has 0 saturated carbocycles. The molecule has 2 aromatic heterocycles. The van der Waals surface area contributed by atoms with Gasteiger partial charge in [0.25, 0.3) is 0 Å². The molecule has 6 heteroatoms. The van der Waals surface area contributed by atoms with Crippen molar-refractivity contribution in [2.24, 2.45) is 7.05 Å². The Hall–Kier alpha value is -2.63. The summed E-state index contributed by atoms with van der Waals surface area (Å²) in [6, 6.07) is 9.89. The number of nitrogens with zero attached hydrogens (tertiary/aromatic N) is 4. The van der Waals surface area contributed by atoms with Crippen LogP contribution in [0.5, 0.6) is 0 Å². The van der Waals surface area contributed by atoms with Gasteiger partial charge in [0.1, 0.15) is 17.2 Å². The van der Waals surface area contributed by atoms with Gasteiger partial charge in [-0.3, -0.25) is 4.68 Å². The summed E-state index contributed by atoms with van der Waals surface area (Å²) in [5.41, 5.74) is 9.39. The van der Waals surface area contributed by atoms with Crippen LogP contribution in [0.1, 0.15) is 0 Å². The number of aromatic amines is 1. The van der Waals surface area contributed by atoms with Crippen molar-refractivity contribution < 1.29 is 0 Å². The van der Waals surface area contributed by atoms with Crippen LogP contribution in [0.4, 0.5) is 5.82 Å². The van der Waals surface area contributed by atoms with Crippen LogP contribution in [0, 0.1) is 0 Å². The quantitative estimate of drug-likeness (QED) is 0.710. The van der Waals surface area contributed by atoms with Crippen molar-refractivity contribution in [1.82, 2.24) is 25.2 Å². The van der Waals surface area contributed by atoms with Crippen molar-refractivity contribution in [3.8, 4) is 22.5 Å². The minimum absolute atomic E-state index is 0.610. The van der Waals surface area contributed by atoms with Crippen molar-refractivity contribution in [3.63, 3.8) is 0 Å². The Bertz CT molecular complexity index is 653. The van der Waals surface area contributed by atoms with Gasteiger partial charge >= 0.3 is 0 Å². The highest BCUT2D eigenvalue weighted by Crippen LogP contribution is 2.34. The lowest BCUT2D eigenvalue weighted by atomic mass is 10.0. The zero-order valence-corrected chi connectivity index (χ0v) is 9.83. The van der Waals surface area contributed by atoms with Crippen molar-refractivity contribution in [2.45, 2.75) is 0 Å². The number of hydrogen-bond donors (Lipinski definition) is 2. The van der Waals surface area contributed by atoms with Crippen LogP contribution in [0.25, 0.3) is 22.5 Å². The third-order valence-corrected chi connectivity index (χ3v) is 2.81. The normalized spacial score (nSPS) is 10.7. The molecule has 0 unspecified atom stereocenters. The van der Waals surface area contributed by atoms with Crippen LogP contribution < -0.4 is 5.73 Å². The SMILES string of the molecule is Cn1nc(-c2cn[nH]n2)c(-c2ccccc2)c1N. The van der Waals surface area contributed by atoms with Gasteiger partial charge in [0.15, 0.2) is 0 Å². The summed E-state index contributed by atoms with van der Waals surface area (Å²) in [7, 11) is 1.81. The first-order valence-corrected chi connectivity index (χ1v) is 5.51. The molecular formula is C12H12N6. The Morgan fingerprint density at radius 1 is 1.22 bits per heavy atom. The number of rotatable bonds is 2. The van der Waals surface area contributed by atoms with Crippen LogP contribution in [0.15, 0.2) is 36.5 Å². The van der Waals surface area contributed by atoms with E-state index in [-0.39, 0.29) is 0 Å². The summed E-state index contributed by atoms with van der Waals surface area (Å²) < 4.78 is 1.65. The van der Waals surface area contributed by atoms with Gasteiger partial charge in [0.2, 0.25) is 0 Å². The Morgan fingerprint density at radius 3 is 2.67 bits per heavy atom. The van der Waals surface area contributed by atoms with Gasteiger partial charge in [-0.25, -0.2) is 0 Å². The number of nitrogen functional groups attached to an aromatic ring is 1. The fourth-order valence-corrected chi connectivity index (χ4v) is 1.92. The number of anilines is 1. The fourth-order valence-electron chi connectivity index (χ4n) is 1.92. The van der Waals surface area contributed by atoms with E-state index in [1.54, 1.807) is 10.9 Å². The van der Waals surface area contributed by atoms with Gasteiger partial charge in [0.05, 0.1) is 11.8 Å². The third kappa shape index (κ3) is 1.55. The van der Waals surface area contributed by atoms with E-state index < -0.39 is 0 Å². The second kappa shape index (κ2) is 3.99. The molecule has 2 heterocycles. The van der Waals surface area contributed by atoms with E-state index in [4.69, 9.17) is 5.73 Å². The summed E-state index contributed by atoms with van der Waals surface area (Å²) in [5.74, 6) is 0.610. The zero-order chi connectivity index (χ0) is 12.5. The van der Waals surface area contributed by atoms with E-state index in [9.17, 15) is 0 Å². The lowest BCUT2D eigenvalue weighted by molar-refractivity contribution is 0.781. The summed E-state index contributed by atoms with van der Waals surface area (Å²) in [4.78, 5) is 0. The van der Waals surface area contributed by atoms with Crippen LogP contribution in [-0.2, 0) is 7.05 Å². The second-order valence-electron chi connectivity index (χ2n) is 3.95. The van der Waals surface area contributed by atoms with Crippen LogP contribution >= 0.6 is 0 Å². The maximum absolute atomic E-state index is 6.08. The zero-order valence-electron chi connectivity index (χ0n) is 9.83. The highest BCUT2D eigenvalue weighted by atomic mass is 15.3. The molecule has 0 saturated heterocycles. The Morgan fingerprint density at radius 2 is 2.00 bits per heavy atom. The Balaban J connectivity index is 2.26. The maximum Gasteiger partial charge on any atom is 0.133 e. The van der Waals surface area contributed by atoms with Crippen molar-refractivity contribution in [2.75, 3.05) is 5.73 Å². The maximum atomic E-state index is 6.08. The van der Waals surface area contributed by atoms with Crippen LogP contribution in [0.2, 0.25) is 0 Å². The predicted octanol–water partition coefficient (Wildman–Crippen LogP) is 1.45. The summed E-state index contributed by atoms with van der Waals surface area (Å²) in [6.07, 6.45) is 1.63. The lowest BCUT2D eigenvalue weighted by Gasteiger charge is -2.01. The lowest BCUT2D eigenvalue weighted by Crippen LogP contribution is -1.97. The molecule has 1 aromatic carbocycles. The average Bonchev–Trinajstić information content (AvgIpc) is 3.00. The summed E-state index contributed by atoms with van der Waals surface area (Å²) in [5, 5.41) is 14.8. The third-order valence-electron chi connectivity index (χ3n) is 2.81. The van der Waals surface area contributed by atoms with Crippen molar-refractivity contribution in [1.29, 1.82) is 0 Å². The second-order valence-corrected chi connectivity index (χ2v) is 3.95. The number of nitrogens with two attached hydrogens (primary N) is 1. The molecular weight excluding hydrogens is 228 g/mol. The van der Waals surface area contributed by atoms with E-state index in [1.165, 1.54) is 0 Å². The minimum Gasteiger partial charge on any atom is -0.383 e. The largest absolute Gasteiger partial charge is 0.383 e. The molecule has 0 aliphatic rings. The van der Waals surface area contributed by atoms with Crippen molar-refractivity contribution >= 4 is 5.82 Å². The fraction of sp³-hybridized carbons (Fsp3) is 0.0833. The van der Waals surface area contributed by atoms with E-state index in [0.29, 0.717) is 11.5 Å². The topological polar surface area (TPSA) is 85.4 Å². The number of hydrogen-bond acceptors (Lipinski definition) is 4. The molecule has 0 radical (unpaired) electrons. The predicted molar refractivity (Wildman–Crippen MR) is 68.4 cm³/mol. The van der Waals surface area contributed by atoms with Crippen LogP contribution in [-0.4, -0.2) is 25.2 Å². The summed E-state index contributed by atoms with van der Waals surface area (Å²) in [6.45, 7) is 0. The Kier molecular flexibility index (Phi) is 2.33. The molecule has 3 aromatic rings. The first kappa shape index (κ1) is 10.5. The minimum atomic E-state index is 0.610. The molecule has 0 atom stereocenters. The smallest absolute Gasteiger partial charge is 0.133 e. The number of H-pyrrole nitrogens is 1. The summed E-state index contributed by atoms with van der Waals surface area (Å²) >= 11 is 0. The molecule has 18 heavy (non-hydrogen) atoms. The van der Waals surface area contributed by atoms with Gasteiger partial charge in [-0.1, -0.05) is 30.3 Å². The van der Waals surface area contributed by atoms with E-state index in [0.717, 1.165) is 16.8 Å². The molecule has 0 spiro atoms. The highest BCUT2D eigenvalue weighted by Gasteiger charge is 2.18. The first-order chi connectivity index (χ1) is 8.77. The highest BCUT2D eigenvalue weighted by molar-refractivity contribution is 5.86. The monoisotopic (exact) mass is 240 g/mol. The average molecular weight is 240 g/mol. The number of aromatic nitrogens is 5. The molecule has 90 valence electrons. The molecule has 0 aliphatic heterocycles. The number of benzene rings is 1. The molecule has 3 N–H and O–H groups in total. The first-order valence-electron chi connectivity index (χ1n) is 5.51. The van der Waals surface area contributed by atoms with Gasteiger partial charge in [-0.05, 0) is 5.56 Å². The molecule has 0 amide bonds. The molecule has 0 fully saturated rings.